The number of rotatable bonds is 3. The minimum Gasteiger partial charge on any atom is -0.322 e. The van der Waals surface area contributed by atoms with E-state index in [0.717, 1.165) is 16.5 Å². The van der Waals surface area contributed by atoms with Crippen LogP contribution in [0.5, 0.6) is 0 Å². The summed E-state index contributed by atoms with van der Waals surface area (Å²) in [5.41, 5.74) is 3.04. The van der Waals surface area contributed by atoms with Gasteiger partial charge >= 0.3 is 6.03 Å². The number of carbonyl (C=O) groups excluding carboxylic acids is 1. The van der Waals surface area contributed by atoms with E-state index in [1.54, 1.807) is 37.9 Å². The molecular weight excluding hydrogens is 326 g/mol. The van der Waals surface area contributed by atoms with Crippen LogP contribution in [0.25, 0.3) is 10.9 Å². The molecule has 2 heterocycles. The van der Waals surface area contributed by atoms with Crippen LogP contribution in [0.4, 0.5) is 10.5 Å². The Kier molecular flexibility index (Phi) is 4.57. The molecule has 3 rings (SSSR count). The van der Waals surface area contributed by atoms with E-state index in [9.17, 15) is 4.79 Å². The van der Waals surface area contributed by atoms with E-state index in [4.69, 9.17) is 11.6 Å². The number of aromatic nitrogens is 3. The van der Waals surface area contributed by atoms with Crippen molar-refractivity contribution in [1.29, 1.82) is 0 Å². The molecule has 0 saturated heterocycles. The summed E-state index contributed by atoms with van der Waals surface area (Å²) in [5.74, 6) is 0. The molecule has 7 heteroatoms. The lowest BCUT2D eigenvalue weighted by Crippen LogP contribution is -2.31. The number of nitrogens with zero attached hydrogens (tertiary/aromatic N) is 4. The number of pyridine rings is 1. The summed E-state index contributed by atoms with van der Waals surface area (Å²) in [6, 6.07) is 5.22. The Morgan fingerprint density at radius 1 is 1.29 bits per heavy atom. The van der Waals surface area contributed by atoms with Gasteiger partial charge in [-0.05, 0) is 30.7 Å². The SMILES string of the molecule is Cc1cc(Cl)c(NC(=O)N(C)Cc2cnccn2)c2cccnc12. The Bertz CT molecular complexity index is 885. The van der Waals surface area contributed by atoms with Gasteiger partial charge in [0.1, 0.15) is 0 Å². The van der Waals surface area contributed by atoms with Crippen molar-refractivity contribution in [3.05, 3.63) is 59.3 Å². The maximum Gasteiger partial charge on any atom is 0.321 e. The number of hydrogen-bond acceptors (Lipinski definition) is 4. The molecule has 0 aliphatic rings. The highest BCUT2D eigenvalue weighted by molar-refractivity contribution is 6.35. The van der Waals surface area contributed by atoms with Gasteiger partial charge in [-0.15, -0.1) is 0 Å². The zero-order valence-corrected chi connectivity index (χ0v) is 14.1. The number of fused-ring (bicyclic) bond motifs is 1. The van der Waals surface area contributed by atoms with Crippen LogP contribution in [0.3, 0.4) is 0 Å². The van der Waals surface area contributed by atoms with Gasteiger partial charge in [0, 0.05) is 31.0 Å². The molecule has 0 unspecified atom stereocenters. The fraction of sp³-hybridized carbons (Fsp3) is 0.176. The standard InChI is InChI=1S/C17H16ClN5O/c1-11-8-14(18)16(13-4-3-5-21-15(11)13)22-17(24)23(2)10-12-9-19-6-7-20-12/h3-9H,10H2,1-2H3,(H,22,24). The van der Waals surface area contributed by atoms with Crippen LogP contribution < -0.4 is 5.32 Å². The average Bonchev–Trinajstić information content (AvgIpc) is 2.59. The number of urea groups is 1. The third-order valence-electron chi connectivity index (χ3n) is 3.63. The van der Waals surface area contributed by atoms with Crippen LogP contribution in [0.1, 0.15) is 11.3 Å². The number of halogens is 1. The first-order valence-corrected chi connectivity index (χ1v) is 7.75. The number of anilines is 1. The van der Waals surface area contributed by atoms with E-state index < -0.39 is 0 Å². The van der Waals surface area contributed by atoms with Crippen molar-refractivity contribution in [2.45, 2.75) is 13.5 Å². The highest BCUT2D eigenvalue weighted by Crippen LogP contribution is 2.32. The van der Waals surface area contributed by atoms with Gasteiger partial charge in [0.05, 0.1) is 34.7 Å². The van der Waals surface area contributed by atoms with E-state index in [1.165, 1.54) is 4.90 Å². The molecule has 0 aliphatic heterocycles. The summed E-state index contributed by atoms with van der Waals surface area (Å²) in [5, 5.41) is 4.16. The van der Waals surface area contributed by atoms with Crippen molar-refractivity contribution >= 4 is 34.2 Å². The lowest BCUT2D eigenvalue weighted by molar-refractivity contribution is 0.220. The molecule has 2 amide bonds. The number of carbonyl (C=O) groups is 1. The number of benzene rings is 1. The normalized spacial score (nSPS) is 10.6. The number of aryl methyl sites for hydroxylation is 1. The number of nitrogens with one attached hydrogen (secondary N) is 1. The molecule has 0 radical (unpaired) electrons. The first-order valence-electron chi connectivity index (χ1n) is 7.37. The van der Waals surface area contributed by atoms with Crippen molar-refractivity contribution in [1.82, 2.24) is 19.9 Å². The smallest absolute Gasteiger partial charge is 0.321 e. The summed E-state index contributed by atoms with van der Waals surface area (Å²) in [6.07, 6.45) is 6.53. The zero-order valence-electron chi connectivity index (χ0n) is 13.3. The highest BCUT2D eigenvalue weighted by Gasteiger charge is 2.15. The minimum absolute atomic E-state index is 0.281. The van der Waals surface area contributed by atoms with E-state index >= 15 is 0 Å². The van der Waals surface area contributed by atoms with Crippen molar-refractivity contribution in [2.24, 2.45) is 0 Å². The van der Waals surface area contributed by atoms with E-state index in [1.807, 2.05) is 19.1 Å². The third-order valence-corrected chi connectivity index (χ3v) is 3.93. The molecule has 6 nitrogen and oxygen atoms in total. The molecule has 1 N–H and O–H groups in total. The van der Waals surface area contributed by atoms with Crippen LogP contribution in [0.2, 0.25) is 5.02 Å². The lowest BCUT2D eigenvalue weighted by atomic mass is 10.1. The largest absolute Gasteiger partial charge is 0.322 e. The molecule has 0 atom stereocenters. The number of hydrogen-bond donors (Lipinski definition) is 1. The Hall–Kier alpha value is -2.73. The second-order valence-electron chi connectivity index (χ2n) is 5.43. The Morgan fingerprint density at radius 3 is 2.88 bits per heavy atom. The predicted octanol–water partition coefficient (Wildman–Crippen LogP) is 3.65. The molecule has 1 aromatic carbocycles. The Labute approximate surface area is 144 Å². The quantitative estimate of drug-likeness (QED) is 0.789. The van der Waals surface area contributed by atoms with E-state index in [0.29, 0.717) is 22.9 Å². The van der Waals surface area contributed by atoms with Gasteiger partial charge in [0.15, 0.2) is 0 Å². The van der Waals surface area contributed by atoms with Gasteiger partial charge in [-0.25, -0.2) is 4.79 Å². The van der Waals surface area contributed by atoms with E-state index in [2.05, 4.69) is 20.3 Å². The van der Waals surface area contributed by atoms with Crippen molar-refractivity contribution in [3.8, 4) is 0 Å². The van der Waals surface area contributed by atoms with E-state index in [-0.39, 0.29) is 6.03 Å². The fourth-order valence-corrected chi connectivity index (χ4v) is 2.75. The van der Waals surface area contributed by atoms with Crippen LogP contribution in [0, 0.1) is 6.92 Å². The molecule has 0 aliphatic carbocycles. The lowest BCUT2D eigenvalue weighted by Gasteiger charge is -2.19. The summed E-state index contributed by atoms with van der Waals surface area (Å²) in [4.78, 5) is 26.5. The van der Waals surface area contributed by atoms with Crippen LogP contribution in [0.15, 0.2) is 43.0 Å². The van der Waals surface area contributed by atoms with Gasteiger partial charge in [-0.3, -0.25) is 15.0 Å². The molecule has 2 aromatic heterocycles. The van der Waals surface area contributed by atoms with Crippen molar-refractivity contribution < 1.29 is 4.79 Å². The second kappa shape index (κ2) is 6.80. The van der Waals surface area contributed by atoms with Crippen LogP contribution in [-0.4, -0.2) is 32.9 Å². The molecule has 24 heavy (non-hydrogen) atoms. The van der Waals surface area contributed by atoms with Crippen molar-refractivity contribution in [2.75, 3.05) is 12.4 Å². The third kappa shape index (κ3) is 3.28. The Morgan fingerprint density at radius 2 is 2.12 bits per heavy atom. The fourth-order valence-electron chi connectivity index (χ4n) is 2.44. The van der Waals surface area contributed by atoms with Gasteiger partial charge < -0.3 is 10.2 Å². The summed E-state index contributed by atoms with van der Waals surface area (Å²) in [6.45, 7) is 2.28. The molecular formula is C17H16ClN5O. The first kappa shape index (κ1) is 16.1. The maximum absolute atomic E-state index is 12.5. The zero-order chi connectivity index (χ0) is 17.1. The van der Waals surface area contributed by atoms with Crippen LogP contribution >= 0.6 is 11.6 Å². The van der Waals surface area contributed by atoms with Gasteiger partial charge in [-0.2, -0.15) is 0 Å². The first-order chi connectivity index (χ1) is 11.6. The molecule has 0 bridgehead atoms. The highest BCUT2D eigenvalue weighted by atomic mass is 35.5. The molecule has 3 aromatic rings. The monoisotopic (exact) mass is 341 g/mol. The summed E-state index contributed by atoms with van der Waals surface area (Å²) in [7, 11) is 1.69. The van der Waals surface area contributed by atoms with Gasteiger partial charge in [0.25, 0.3) is 0 Å². The van der Waals surface area contributed by atoms with Crippen LogP contribution in [-0.2, 0) is 6.54 Å². The second-order valence-corrected chi connectivity index (χ2v) is 5.84. The molecule has 122 valence electrons. The predicted molar refractivity (Wildman–Crippen MR) is 94.0 cm³/mol. The van der Waals surface area contributed by atoms with Gasteiger partial charge in [-0.1, -0.05) is 11.6 Å². The molecule has 0 saturated carbocycles. The topological polar surface area (TPSA) is 71.0 Å². The molecule has 0 fully saturated rings. The minimum atomic E-state index is -0.281. The average molecular weight is 342 g/mol. The molecule has 0 spiro atoms. The number of amides is 2. The summed E-state index contributed by atoms with van der Waals surface area (Å²) >= 11 is 6.33. The van der Waals surface area contributed by atoms with Crippen molar-refractivity contribution in [3.63, 3.8) is 0 Å². The maximum atomic E-state index is 12.5. The summed E-state index contributed by atoms with van der Waals surface area (Å²) < 4.78 is 0. The Balaban J connectivity index is 1.85. The van der Waals surface area contributed by atoms with Gasteiger partial charge in [0.2, 0.25) is 0 Å².